The molecule has 0 saturated heterocycles. The Morgan fingerprint density at radius 3 is 3.00 bits per heavy atom. The van der Waals surface area contributed by atoms with Crippen LogP contribution >= 0.6 is 0 Å². The molecule has 0 amide bonds. The number of hydrogen-bond donors (Lipinski definition) is 2. The second-order valence-corrected chi connectivity index (χ2v) is 0.887. The van der Waals surface area contributed by atoms with Crippen molar-refractivity contribution >= 4 is 0 Å². The molecule has 0 aromatic heterocycles. The summed E-state index contributed by atoms with van der Waals surface area (Å²) < 4.78 is 0. The molecule has 1 radical (unpaired) electrons. The van der Waals surface area contributed by atoms with Crippen LogP contribution in [0.5, 0.6) is 0 Å². The lowest BCUT2D eigenvalue weighted by Gasteiger charge is -2.04. The highest BCUT2D eigenvalue weighted by Crippen LogP contribution is 1.71. The lowest BCUT2D eigenvalue weighted by atomic mass is 10.6. The predicted molar refractivity (Wildman–Crippen MR) is 20.0 cm³/mol. The van der Waals surface area contributed by atoms with Gasteiger partial charge in [0, 0.05) is 0 Å². The summed E-state index contributed by atoms with van der Waals surface area (Å²) in [5.41, 5.74) is 4.90. The molecule has 3 nitrogen and oxygen atoms in total. The molecule has 0 atom stereocenters. The summed E-state index contributed by atoms with van der Waals surface area (Å²) in [6.07, 6.45) is 4.42. The van der Waals surface area contributed by atoms with Gasteiger partial charge >= 0.3 is 0 Å². The van der Waals surface area contributed by atoms with Gasteiger partial charge in [-0.05, 0) is 6.08 Å². The number of hydrazine groups is 1. The second kappa shape index (κ2) is 1.79. The normalized spacial score (nSPS) is 20.0. The van der Waals surface area contributed by atoms with Crippen LogP contribution in [-0.4, -0.2) is 6.61 Å². The third kappa shape index (κ3) is 0.702. The molecule has 3 heteroatoms. The van der Waals surface area contributed by atoms with E-state index in [0.717, 1.165) is 0 Å². The van der Waals surface area contributed by atoms with E-state index in [1.54, 1.807) is 6.08 Å². The van der Waals surface area contributed by atoms with Crippen LogP contribution < -0.4 is 11.0 Å². The van der Waals surface area contributed by atoms with Crippen LogP contribution in [0.3, 0.4) is 0 Å². The minimum atomic E-state index is 0.590. The average molecular weight is 85.1 g/mol. The largest absolute Gasteiger partial charge is 0.297 e. The molecule has 0 aromatic rings. The summed E-state index contributed by atoms with van der Waals surface area (Å²) in [5.74, 6) is 0. The Balaban J connectivity index is 2.26. The zero-order valence-corrected chi connectivity index (χ0v) is 3.19. The van der Waals surface area contributed by atoms with Crippen molar-refractivity contribution in [1.82, 2.24) is 11.0 Å². The molecular formula is C3H5N2O. The first-order valence-electron chi connectivity index (χ1n) is 1.69. The van der Waals surface area contributed by atoms with Crippen molar-refractivity contribution < 1.29 is 4.84 Å². The fourth-order valence-electron chi connectivity index (χ4n) is 0.242. The standard InChI is InChI=1S/C3H5N2O/c1-2-4-5-6-3-1/h1,4-5H,3H2. The maximum atomic E-state index is 4.59. The second-order valence-electron chi connectivity index (χ2n) is 0.887. The topological polar surface area (TPSA) is 33.3 Å². The molecular weight excluding hydrogens is 80.0 g/mol. The number of rotatable bonds is 0. The van der Waals surface area contributed by atoms with Gasteiger partial charge in [0.1, 0.15) is 0 Å². The van der Waals surface area contributed by atoms with E-state index in [9.17, 15) is 0 Å². The van der Waals surface area contributed by atoms with E-state index in [-0.39, 0.29) is 0 Å². The molecule has 0 aromatic carbocycles. The minimum Gasteiger partial charge on any atom is -0.297 e. The monoisotopic (exact) mass is 85.0 g/mol. The van der Waals surface area contributed by atoms with Crippen molar-refractivity contribution in [3.8, 4) is 0 Å². The van der Waals surface area contributed by atoms with E-state index in [1.165, 1.54) is 0 Å². The molecule has 2 N–H and O–H groups in total. The molecule has 0 saturated carbocycles. The van der Waals surface area contributed by atoms with Gasteiger partial charge in [0.05, 0.1) is 12.8 Å². The summed E-state index contributed by atoms with van der Waals surface area (Å²) in [6, 6.07) is 0. The third-order valence-corrected chi connectivity index (χ3v) is 0.464. The van der Waals surface area contributed by atoms with Crippen LogP contribution in [-0.2, 0) is 4.84 Å². The molecule has 0 fully saturated rings. The SMILES string of the molecule is [C]1=CCONN1. The molecule has 6 heavy (non-hydrogen) atoms. The highest BCUT2D eigenvalue weighted by Gasteiger charge is 1.82. The Kier molecular flexibility index (Phi) is 1.09. The van der Waals surface area contributed by atoms with E-state index in [1.807, 2.05) is 0 Å². The Morgan fingerprint density at radius 2 is 2.83 bits per heavy atom. The number of nitrogens with one attached hydrogen (secondary N) is 2. The van der Waals surface area contributed by atoms with E-state index in [4.69, 9.17) is 0 Å². The predicted octanol–water partition coefficient (Wildman–Crippen LogP) is -0.657. The lowest BCUT2D eigenvalue weighted by Crippen LogP contribution is -2.30. The quantitative estimate of drug-likeness (QED) is 0.410. The summed E-state index contributed by atoms with van der Waals surface area (Å²) in [5, 5.41) is 0. The van der Waals surface area contributed by atoms with E-state index in [2.05, 4.69) is 22.1 Å². The van der Waals surface area contributed by atoms with Gasteiger partial charge in [-0.3, -0.25) is 10.3 Å². The van der Waals surface area contributed by atoms with Crippen molar-refractivity contribution in [2.24, 2.45) is 0 Å². The fraction of sp³-hybridized carbons (Fsp3) is 0.333. The lowest BCUT2D eigenvalue weighted by molar-refractivity contribution is 0.0277. The first-order chi connectivity index (χ1) is 3.00. The van der Waals surface area contributed by atoms with Crippen LogP contribution in [0.4, 0.5) is 0 Å². The zero-order chi connectivity index (χ0) is 4.24. The summed E-state index contributed by atoms with van der Waals surface area (Å²) >= 11 is 0. The van der Waals surface area contributed by atoms with E-state index in [0.29, 0.717) is 6.61 Å². The van der Waals surface area contributed by atoms with Crippen molar-refractivity contribution in [2.75, 3.05) is 6.61 Å². The summed E-state index contributed by atoms with van der Waals surface area (Å²) in [4.78, 5) is 4.59. The molecule has 0 aliphatic carbocycles. The Morgan fingerprint density at radius 1 is 1.83 bits per heavy atom. The van der Waals surface area contributed by atoms with Gasteiger partial charge in [-0.2, -0.15) is 0 Å². The molecule has 33 valence electrons. The van der Waals surface area contributed by atoms with E-state index >= 15 is 0 Å². The highest BCUT2D eigenvalue weighted by atomic mass is 16.7. The Bertz CT molecular complexity index is 53.8. The fourth-order valence-corrected chi connectivity index (χ4v) is 0.242. The van der Waals surface area contributed by atoms with Crippen molar-refractivity contribution in [3.63, 3.8) is 0 Å². The van der Waals surface area contributed by atoms with Gasteiger partial charge in [-0.25, -0.2) is 0 Å². The van der Waals surface area contributed by atoms with Crippen molar-refractivity contribution in [3.05, 3.63) is 12.3 Å². The van der Waals surface area contributed by atoms with Crippen LogP contribution in [0.2, 0.25) is 0 Å². The molecule has 1 rings (SSSR count). The van der Waals surface area contributed by atoms with Crippen molar-refractivity contribution in [1.29, 1.82) is 0 Å². The van der Waals surface area contributed by atoms with Crippen LogP contribution in [0.15, 0.2) is 6.08 Å². The van der Waals surface area contributed by atoms with Gasteiger partial charge in [0.2, 0.25) is 0 Å². The minimum absolute atomic E-state index is 0.590. The Labute approximate surface area is 35.9 Å². The molecule has 0 bridgehead atoms. The van der Waals surface area contributed by atoms with Gasteiger partial charge in [0.25, 0.3) is 0 Å². The van der Waals surface area contributed by atoms with Crippen LogP contribution in [0, 0.1) is 6.20 Å². The van der Waals surface area contributed by atoms with Gasteiger partial charge in [-0.15, -0.1) is 5.59 Å². The highest BCUT2D eigenvalue weighted by molar-refractivity contribution is 4.70. The Hall–Kier alpha value is -0.540. The molecule has 1 aliphatic rings. The van der Waals surface area contributed by atoms with Crippen molar-refractivity contribution in [2.45, 2.75) is 0 Å². The van der Waals surface area contributed by atoms with Gasteiger partial charge in [-0.1, -0.05) is 0 Å². The average Bonchev–Trinajstić information content (AvgIpc) is 1.72. The number of hydrogen-bond acceptors (Lipinski definition) is 3. The van der Waals surface area contributed by atoms with E-state index < -0.39 is 0 Å². The first-order valence-corrected chi connectivity index (χ1v) is 1.69. The van der Waals surface area contributed by atoms with Gasteiger partial charge < -0.3 is 0 Å². The third-order valence-electron chi connectivity index (χ3n) is 0.464. The maximum Gasteiger partial charge on any atom is 0.0909 e. The van der Waals surface area contributed by atoms with Gasteiger partial charge in [0.15, 0.2) is 0 Å². The van der Waals surface area contributed by atoms with Crippen LogP contribution in [0.25, 0.3) is 0 Å². The summed E-state index contributed by atoms with van der Waals surface area (Å²) in [6.45, 7) is 0.590. The molecule has 1 heterocycles. The molecule has 0 spiro atoms. The maximum absolute atomic E-state index is 4.59. The zero-order valence-electron chi connectivity index (χ0n) is 3.19. The molecule has 1 aliphatic heterocycles. The smallest absolute Gasteiger partial charge is 0.0909 e. The first kappa shape index (κ1) is 3.64. The molecule has 0 unspecified atom stereocenters. The summed E-state index contributed by atoms with van der Waals surface area (Å²) in [7, 11) is 0. The van der Waals surface area contributed by atoms with Crippen LogP contribution in [0.1, 0.15) is 0 Å².